The molecule has 3 heterocycles. The highest BCUT2D eigenvalue weighted by atomic mass is 16.5. The molecule has 0 saturated carbocycles. The lowest BCUT2D eigenvalue weighted by Crippen LogP contribution is -2.40. The molecule has 0 bridgehead atoms. The van der Waals surface area contributed by atoms with Crippen LogP contribution in [0.4, 0.5) is 0 Å². The number of carbonyl (C=O) groups excluding carboxylic acids is 1. The van der Waals surface area contributed by atoms with Gasteiger partial charge in [-0.05, 0) is 29.2 Å². The number of amides is 1. The van der Waals surface area contributed by atoms with E-state index in [9.17, 15) is 10.1 Å². The molecule has 0 unspecified atom stereocenters. The first-order valence-electron chi connectivity index (χ1n) is 10.6. The first kappa shape index (κ1) is 21.0. The van der Waals surface area contributed by atoms with Crippen LogP contribution >= 0.6 is 0 Å². The summed E-state index contributed by atoms with van der Waals surface area (Å²) < 4.78 is 7.52. The summed E-state index contributed by atoms with van der Waals surface area (Å²) in [6, 6.07) is 12.0. The highest BCUT2D eigenvalue weighted by Crippen LogP contribution is 2.26. The highest BCUT2D eigenvalue weighted by molar-refractivity contribution is 5.94. The molecule has 1 aliphatic heterocycles. The van der Waals surface area contributed by atoms with Gasteiger partial charge in [0.25, 0.3) is 5.91 Å². The van der Waals surface area contributed by atoms with E-state index in [2.05, 4.69) is 41.4 Å². The third-order valence-electron chi connectivity index (χ3n) is 5.34. The second kappa shape index (κ2) is 8.48. The zero-order chi connectivity index (χ0) is 22.0. The molecular weight excluding hydrogens is 390 g/mol. The Morgan fingerprint density at radius 2 is 1.90 bits per heavy atom. The minimum Gasteiger partial charge on any atom is -0.378 e. The molecule has 7 nitrogen and oxygen atoms in total. The van der Waals surface area contributed by atoms with Crippen LogP contribution in [0.3, 0.4) is 0 Å². The molecule has 2 aromatic heterocycles. The van der Waals surface area contributed by atoms with Gasteiger partial charge in [0.15, 0.2) is 0 Å². The van der Waals surface area contributed by atoms with E-state index in [0.29, 0.717) is 38.3 Å². The molecule has 1 amide bonds. The summed E-state index contributed by atoms with van der Waals surface area (Å²) in [5, 5.41) is 10.1. The van der Waals surface area contributed by atoms with Crippen LogP contribution in [0.15, 0.2) is 36.5 Å². The van der Waals surface area contributed by atoms with E-state index in [4.69, 9.17) is 4.74 Å². The molecule has 7 heteroatoms. The Kier molecular flexibility index (Phi) is 5.75. The SMILES string of the molecule is CC(C)(C)Cn1c(Cc2ccc(C(=O)N3CCOCC3)cc2)cc2cnc(C#N)nc21. The zero-order valence-corrected chi connectivity index (χ0v) is 18.3. The molecule has 0 spiro atoms. The van der Waals surface area contributed by atoms with Gasteiger partial charge in [0.1, 0.15) is 11.7 Å². The molecule has 0 aliphatic carbocycles. The van der Waals surface area contributed by atoms with Crippen LogP contribution in [0.1, 0.15) is 48.2 Å². The van der Waals surface area contributed by atoms with Gasteiger partial charge in [-0.25, -0.2) is 9.97 Å². The fourth-order valence-corrected chi connectivity index (χ4v) is 3.87. The number of nitriles is 1. The molecule has 160 valence electrons. The maximum atomic E-state index is 12.7. The van der Waals surface area contributed by atoms with E-state index in [-0.39, 0.29) is 17.1 Å². The molecule has 31 heavy (non-hydrogen) atoms. The van der Waals surface area contributed by atoms with Crippen LogP contribution in [0.5, 0.6) is 0 Å². The Labute approximate surface area is 182 Å². The Morgan fingerprint density at radius 1 is 1.19 bits per heavy atom. The molecule has 3 aromatic rings. The average molecular weight is 418 g/mol. The van der Waals surface area contributed by atoms with Gasteiger partial charge < -0.3 is 14.2 Å². The smallest absolute Gasteiger partial charge is 0.254 e. The molecule has 1 aromatic carbocycles. The summed E-state index contributed by atoms with van der Waals surface area (Å²) in [6.45, 7) is 9.79. The first-order valence-corrected chi connectivity index (χ1v) is 10.6. The number of hydrogen-bond acceptors (Lipinski definition) is 5. The summed E-state index contributed by atoms with van der Waals surface area (Å²) in [7, 11) is 0. The van der Waals surface area contributed by atoms with E-state index in [1.54, 1.807) is 6.20 Å². The fourth-order valence-electron chi connectivity index (χ4n) is 3.87. The van der Waals surface area contributed by atoms with Crippen molar-refractivity contribution in [2.24, 2.45) is 5.41 Å². The minimum absolute atomic E-state index is 0.0485. The molecule has 4 rings (SSSR count). The lowest BCUT2D eigenvalue weighted by Gasteiger charge is -2.26. The maximum Gasteiger partial charge on any atom is 0.254 e. The number of hydrogen-bond donors (Lipinski definition) is 0. The van der Waals surface area contributed by atoms with Crippen LogP contribution in [-0.4, -0.2) is 51.6 Å². The number of aromatic nitrogens is 3. The summed E-state index contributed by atoms with van der Waals surface area (Å²) in [6.07, 6.45) is 2.42. The second-order valence-electron chi connectivity index (χ2n) is 9.15. The molecule has 0 atom stereocenters. The van der Waals surface area contributed by atoms with Crippen molar-refractivity contribution < 1.29 is 9.53 Å². The standard InChI is InChI=1S/C24H27N5O2/c1-24(2,3)16-29-20(13-19-15-26-21(14-25)27-22(19)29)12-17-4-6-18(7-5-17)23(30)28-8-10-31-11-9-28/h4-7,13,15H,8-12,16H2,1-3H3. The van der Waals surface area contributed by atoms with Crippen molar-refractivity contribution in [2.75, 3.05) is 26.3 Å². The Balaban J connectivity index is 1.61. The van der Waals surface area contributed by atoms with Gasteiger partial charge in [-0.15, -0.1) is 0 Å². The number of ether oxygens (including phenoxy) is 1. The number of benzene rings is 1. The van der Waals surface area contributed by atoms with Crippen LogP contribution in [0.25, 0.3) is 11.0 Å². The number of carbonyl (C=O) groups is 1. The predicted molar refractivity (Wildman–Crippen MR) is 118 cm³/mol. The van der Waals surface area contributed by atoms with Gasteiger partial charge >= 0.3 is 0 Å². The molecule has 1 aliphatic rings. The lowest BCUT2D eigenvalue weighted by molar-refractivity contribution is 0.0303. The molecule has 0 radical (unpaired) electrons. The van der Waals surface area contributed by atoms with Crippen molar-refractivity contribution in [1.29, 1.82) is 5.26 Å². The summed E-state index contributed by atoms with van der Waals surface area (Å²) in [5.41, 5.74) is 3.76. The lowest BCUT2D eigenvalue weighted by atomic mass is 9.96. The van der Waals surface area contributed by atoms with Crippen molar-refractivity contribution in [1.82, 2.24) is 19.4 Å². The van der Waals surface area contributed by atoms with Crippen molar-refractivity contribution in [3.05, 3.63) is 59.2 Å². The average Bonchev–Trinajstić information content (AvgIpc) is 3.09. The van der Waals surface area contributed by atoms with Gasteiger partial charge in [-0.3, -0.25) is 4.79 Å². The summed E-state index contributed by atoms with van der Waals surface area (Å²) in [5.74, 6) is 0.231. The third kappa shape index (κ3) is 4.75. The predicted octanol–water partition coefficient (Wildman–Crippen LogP) is 3.41. The zero-order valence-electron chi connectivity index (χ0n) is 18.3. The minimum atomic E-state index is 0.0485. The topological polar surface area (TPSA) is 84.0 Å². The van der Waals surface area contributed by atoms with E-state index in [1.807, 2.05) is 35.2 Å². The van der Waals surface area contributed by atoms with Gasteiger partial charge in [0.05, 0.1) is 13.2 Å². The van der Waals surface area contributed by atoms with Crippen molar-refractivity contribution in [3.63, 3.8) is 0 Å². The van der Waals surface area contributed by atoms with E-state index in [1.165, 1.54) is 0 Å². The van der Waals surface area contributed by atoms with E-state index in [0.717, 1.165) is 28.8 Å². The van der Waals surface area contributed by atoms with Gasteiger partial charge in [0, 0.05) is 48.9 Å². The van der Waals surface area contributed by atoms with Gasteiger partial charge in [-0.1, -0.05) is 32.9 Å². The quantitative estimate of drug-likeness (QED) is 0.650. The van der Waals surface area contributed by atoms with E-state index >= 15 is 0 Å². The van der Waals surface area contributed by atoms with Crippen LogP contribution < -0.4 is 0 Å². The molecule has 1 fully saturated rings. The number of nitrogens with zero attached hydrogens (tertiary/aromatic N) is 5. The van der Waals surface area contributed by atoms with Crippen molar-refractivity contribution in [2.45, 2.75) is 33.7 Å². The Morgan fingerprint density at radius 3 is 2.55 bits per heavy atom. The summed E-state index contributed by atoms with van der Waals surface area (Å²) >= 11 is 0. The van der Waals surface area contributed by atoms with Crippen LogP contribution in [0, 0.1) is 16.7 Å². The van der Waals surface area contributed by atoms with Crippen molar-refractivity contribution >= 4 is 16.9 Å². The normalized spacial score (nSPS) is 14.6. The summed E-state index contributed by atoms with van der Waals surface area (Å²) in [4.78, 5) is 23.1. The largest absolute Gasteiger partial charge is 0.378 e. The van der Waals surface area contributed by atoms with Crippen LogP contribution in [-0.2, 0) is 17.7 Å². The number of rotatable bonds is 4. The number of fused-ring (bicyclic) bond motifs is 1. The van der Waals surface area contributed by atoms with Gasteiger partial charge in [-0.2, -0.15) is 5.26 Å². The fraction of sp³-hybridized carbons (Fsp3) is 0.417. The monoisotopic (exact) mass is 417 g/mol. The maximum absolute atomic E-state index is 12.7. The Hall–Kier alpha value is -3.24. The third-order valence-corrected chi connectivity index (χ3v) is 5.34. The molecular formula is C24H27N5O2. The molecule has 1 saturated heterocycles. The molecule has 0 N–H and O–H groups in total. The highest BCUT2D eigenvalue weighted by Gasteiger charge is 2.20. The van der Waals surface area contributed by atoms with E-state index < -0.39 is 0 Å². The second-order valence-corrected chi connectivity index (χ2v) is 9.15. The van der Waals surface area contributed by atoms with Gasteiger partial charge in [0.2, 0.25) is 5.82 Å². The van der Waals surface area contributed by atoms with Crippen LogP contribution in [0.2, 0.25) is 0 Å². The van der Waals surface area contributed by atoms with Crippen molar-refractivity contribution in [3.8, 4) is 6.07 Å². The Bertz CT molecular complexity index is 1130. The first-order chi connectivity index (χ1) is 14.8. The number of morpholine rings is 1.